The maximum Gasteiger partial charge on any atom is 0.229 e. The summed E-state index contributed by atoms with van der Waals surface area (Å²) in [6.07, 6.45) is 7.68. The molecule has 3 aromatic heterocycles. The summed E-state index contributed by atoms with van der Waals surface area (Å²) >= 11 is 0. The molecule has 2 unspecified atom stereocenters. The van der Waals surface area contributed by atoms with Crippen LogP contribution in [0.2, 0.25) is 0 Å². The van der Waals surface area contributed by atoms with Gasteiger partial charge in [0.25, 0.3) is 0 Å². The number of rotatable bonds is 5. The Kier molecular flexibility index (Phi) is 5.06. The van der Waals surface area contributed by atoms with E-state index in [1.54, 1.807) is 6.07 Å². The lowest BCUT2D eigenvalue weighted by Crippen LogP contribution is -2.59. The molecule has 4 N–H and O–H groups in total. The highest BCUT2D eigenvalue weighted by molar-refractivity contribution is 5.80. The molecule has 5 heterocycles. The van der Waals surface area contributed by atoms with Gasteiger partial charge in [-0.05, 0) is 68.0 Å². The van der Waals surface area contributed by atoms with Gasteiger partial charge >= 0.3 is 0 Å². The minimum absolute atomic E-state index is 0.232. The summed E-state index contributed by atoms with van der Waals surface area (Å²) < 4.78 is 17.3. The first-order valence-electron chi connectivity index (χ1n) is 12.8. The normalized spacial score (nSPS) is 21.6. The summed E-state index contributed by atoms with van der Waals surface area (Å²) in [6, 6.07) is 13.9. The van der Waals surface area contributed by atoms with Crippen LogP contribution in [-0.4, -0.2) is 44.7 Å². The Morgan fingerprint density at radius 2 is 1.83 bits per heavy atom. The fourth-order valence-electron chi connectivity index (χ4n) is 5.73. The second-order valence-corrected chi connectivity index (χ2v) is 10.3. The molecule has 4 aromatic rings. The van der Waals surface area contributed by atoms with Gasteiger partial charge < -0.3 is 21.3 Å². The van der Waals surface area contributed by atoms with Crippen molar-refractivity contribution in [1.29, 1.82) is 0 Å². The number of hydrogen-bond acceptors (Lipinski definition) is 7. The van der Waals surface area contributed by atoms with Gasteiger partial charge in [-0.3, -0.25) is 4.57 Å². The van der Waals surface area contributed by atoms with E-state index in [4.69, 9.17) is 10.7 Å². The zero-order valence-electron chi connectivity index (χ0n) is 20.0. The van der Waals surface area contributed by atoms with Crippen molar-refractivity contribution in [3.05, 3.63) is 60.2 Å². The quantitative estimate of drug-likeness (QED) is 0.384. The zero-order chi connectivity index (χ0) is 24.2. The van der Waals surface area contributed by atoms with Crippen LogP contribution in [0.1, 0.15) is 43.7 Å². The van der Waals surface area contributed by atoms with Crippen LogP contribution in [0, 0.1) is 5.82 Å². The van der Waals surface area contributed by atoms with Crippen molar-refractivity contribution in [2.24, 2.45) is 0 Å². The third-order valence-electron chi connectivity index (χ3n) is 7.55. The predicted octanol–water partition coefficient (Wildman–Crippen LogP) is 4.49. The van der Waals surface area contributed by atoms with E-state index in [0.717, 1.165) is 55.6 Å². The van der Waals surface area contributed by atoms with E-state index in [1.807, 2.05) is 30.5 Å². The molecule has 2 saturated heterocycles. The number of hydrogen-bond donors (Lipinski definition) is 3. The average Bonchev–Trinajstić information content (AvgIpc) is 3.64. The highest BCUT2D eigenvalue weighted by Gasteiger charge is 2.31. The van der Waals surface area contributed by atoms with Crippen molar-refractivity contribution >= 4 is 34.2 Å². The van der Waals surface area contributed by atoms with Crippen molar-refractivity contribution in [3.63, 3.8) is 0 Å². The van der Waals surface area contributed by atoms with Crippen LogP contribution in [0.25, 0.3) is 16.9 Å². The van der Waals surface area contributed by atoms with Crippen molar-refractivity contribution in [3.8, 4) is 5.82 Å². The maximum absolute atomic E-state index is 15.2. The molecule has 2 atom stereocenters. The van der Waals surface area contributed by atoms with Gasteiger partial charge in [-0.25, -0.2) is 14.4 Å². The third kappa shape index (κ3) is 3.93. The SMILES string of the molecule is Nc1cccc(-n2c(C3CC3)cc3cnc(Nc4ccc(N5CC6CCCC(C5)N6)c(F)c4)nc32)n1. The molecule has 0 amide bonds. The average molecular weight is 485 g/mol. The number of nitrogens with one attached hydrogen (secondary N) is 2. The summed E-state index contributed by atoms with van der Waals surface area (Å²) in [5.74, 6) is 1.88. The summed E-state index contributed by atoms with van der Waals surface area (Å²) in [5, 5.41) is 7.80. The number of nitrogens with two attached hydrogens (primary N) is 1. The summed E-state index contributed by atoms with van der Waals surface area (Å²) in [7, 11) is 0. The van der Waals surface area contributed by atoms with Gasteiger partial charge in [0.1, 0.15) is 17.5 Å². The molecule has 2 bridgehead atoms. The number of pyridine rings is 1. The van der Waals surface area contributed by atoms with E-state index in [1.165, 1.54) is 18.2 Å². The monoisotopic (exact) mass is 484 g/mol. The molecule has 184 valence electrons. The second-order valence-electron chi connectivity index (χ2n) is 10.3. The Morgan fingerprint density at radius 1 is 1.00 bits per heavy atom. The van der Waals surface area contributed by atoms with E-state index in [0.29, 0.717) is 41.1 Å². The fraction of sp³-hybridized carbons (Fsp3) is 0.370. The number of aromatic nitrogens is 4. The van der Waals surface area contributed by atoms with Crippen LogP contribution in [0.5, 0.6) is 0 Å². The minimum atomic E-state index is -0.232. The zero-order valence-corrected chi connectivity index (χ0v) is 20.0. The molecule has 0 spiro atoms. The van der Waals surface area contributed by atoms with Crippen LogP contribution < -0.4 is 21.3 Å². The second kappa shape index (κ2) is 8.44. The first kappa shape index (κ1) is 21.6. The fourth-order valence-corrected chi connectivity index (χ4v) is 5.73. The molecule has 3 aliphatic rings. The maximum atomic E-state index is 15.2. The Bertz CT molecular complexity index is 1430. The van der Waals surface area contributed by atoms with Crippen molar-refractivity contribution < 1.29 is 4.39 Å². The van der Waals surface area contributed by atoms with Crippen LogP contribution in [-0.2, 0) is 0 Å². The first-order chi connectivity index (χ1) is 17.6. The molecule has 9 heteroatoms. The summed E-state index contributed by atoms with van der Waals surface area (Å²) in [5.41, 5.74) is 9.19. The number of piperazine rings is 1. The van der Waals surface area contributed by atoms with Gasteiger partial charge in [0.2, 0.25) is 5.95 Å². The summed E-state index contributed by atoms with van der Waals surface area (Å²) in [4.78, 5) is 16.0. The molecule has 2 aliphatic heterocycles. The number of fused-ring (bicyclic) bond motifs is 3. The number of piperidine rings is 1. The number of nitrogens with zero attached hydrogens (tertiary/aromatic N) is 5. The number of benzene rings is 1. The minimum Gasteiger partial charge on any atom is -0.384 e. The highest BCUT2D eigenvalue weighted by atomic mass is 19.1. The lowest BCUT2D eigenvalue weighted by Gasteiger charge is -2.43. The number of anilines is 4. The Hall–Kier alpha value is -3.72. The molecule has 0 radical (unpaired) electrons. The van der Waals surface area contributed by atoms with Crippen molar-refractivity contribution in [2.75, 3.05) is 29.0 Å². The van der Waals surface area contributed by atoms with E-state index in [-0.39, 0.29) is 5.82 Å². The Labute approximate surface area is 208 Å². The van der Waals surface area contributed by atoms with E-state index in [2.05, 4.69) is 36.1 Å². The van der Waals surface area contributed by atoms with Gasteiger partial charge in [-0.1, -0.05) is 12.5 Å². The molecule has 36 heavy (non-hydrogen) atoms. The topological polar surface area (TPSA) is 96.9 Å². The lowest BCUT2D eigenvalue weighted by molar-refractivity contribution is 0.282. The molecule has 8 nitrogen and oxygen atoms in total. The largest absolute Gasteiger partial charge is 0.384 e. The van der Waals surface area contributed by atoms with Crippen molar-refractivity contribution in [1.82, 2.24) is 24.8 Å². The van der Waals surface area contributed by atoms with Crippen LogP contribution in [0.4, 0.5) is 27.5 Å². The van der Waals surface area contributed by atoms with Gasteiger partial charge in [0.15, 0.2) is 5.65 Å². The molecule has 1 saturated carbocycles. The van der Waals surface area contributed by atoms with Gasteiger partial charge in [-0.2, -0.15) is 4.98 Å². The van der Waals surface area contributed by atoms with Gasteiger partial charge in [0, 0.05) is 48.1 Å². The summed E-state index contributed by atoms with van der Waals surface area (Å²) in [6.45, 7) is 1.69. The van der Waals surface area contributed by atoms with Gasteiger partial charge in [0.05, 0.1) is 5.69 Å². The van der Waals surface area contributed by atoms with E-state index in [9.17, 15) is 0 Å². The predicted molar refractivity (Wildman–Crippen MR) is 140 cm³/mol. The standard InChI is InChI=1S/C27H29FN8/c28-21-12-18(9-10-22(21)35-14-19-3-1-4-20(15-35)31-19)32-27-30-13-17-11-23(16-7-8-16)36(26(17)34-27)25-6-2-5-24(29)33-25/h2,5-6,9-13,16,19-20,31H,1,3-4,7-8,14-15H2,(H2,29,33)(H,30,32,34). The van der Waals surface area contributed by atoms with Crippen molar-refractivity contribution in [2.45, 2.75) is 50.1 Å². The number of nitrogen functional groups attached to an aromatic ring is 1. The van der Waals surface area contributed by atoms with Crippen LogP contribution >= 0.6 is 0 Å². The molecular formula is C27H29FN8. The molecule has 7 rings (SSSR count). The van der Waals surface area contributed by atoms with E-state index >= 15 is 4.39 Å². The lowest BCUT2D eigenvalue weighted by atomic mass is 9.94. The van der Waals surface area contributed by atoms with Crippen LogP contribution in [0.15, 0.2) is 48.7 Å². The van der Waals surface area contributed by atoms with E-state index < -0.39 is 0 Å². The number of halogens is 1. The smallest absolute Gasteiger partial charge is 0.229 e. The molecule has 1 aliphatic carbocycles. The Morgan fingerprint density at radius 3 is 2.58 bits per heavy atom. The molecule has 1 aromatic carbocycles. The molecular weight excluding hydrogens is 455 g/mol. The third-order valence-corrected chi connectivity index (χ3v) is 7.55. The van der Waals surface area contributed by atoms with Crippen LogP contribution in [0.3, 0.4) is 0 Å². The first-order valence-corrected chi connectivity index (χ1v) is 12.8. The Balaban J connectivity index is 1.19. The molecule has 3 fully saturated rings. The highest BCUT2D eigenvalue weighted by Crippen LogP contribution is 2.43. The van der Waals surface area contributed by atoms with Gasteiger partial charge in [-0.15, -0.1) is 0 Å².